The number of aromatic nitrogens is 1. The zero-order valence-corrected chi connectivity index (χ0v) is 9.36. The predicted octanol–water partition coefficient (Wildman–Crippen LogP) is 2.54. The number of nitrogens with zero attached hydrogens (tertiary/aromatic N) is 1. The third-order valence-electron chi connectivity index (χ3n) is 2.31. The van der Waals surface area contributed by atoms with Crippen LogP contribution in [0.15, 0.2) is 42.7 Å². The van der Waals surface area contributed by atoms with E-state index in [1.807, 2.05) is 0 Å². The molecule has 1 aromatic carbocycles. The number of carbonyl (C=O) groups excluding carboxylic acids is 1. The standard InChI is InChI=1S/C13H10F2N2O/c14-10-4-1-5-11(15)13(10)17-12(18)7-9-3-2-6-16-8-9/h1-6,8H,7H2,(H,17,18). The van der Waals surface area contributed by atoms with Gasteiger partial charge in [-0.25, -0.2) is 8.78 Å². The molecular weight excluding hydrogens is 238 g/mol. The molecule has 1 amide bonds. The fourth-order valence-corrected chi connectivity index (χ4v) is 1.49. The van der Waals surface area contributed by atoms with Gasteiger partial charge in [-0.2, -0.15) is 0 Å². The van der Waals surface area contributed by atoms with E-state index in [-0.39, 0.29) is 6.42 Å². The van der Waals surface area contributed by atoms with Gasteiger partial charge in [-0.1, -0.05) is 12.1 Å². The Morgan fingerprint density at radius 2 is 1.89 bits per heavy atom. The highest BCUT2D eigenvalue weighted by Crippen LogP contribution is 2.18. The van der Waals surface area contributed by atoms with E-state index in [9.17, 15) is 13.6 Å². The van der Waals surface area contributed by atoms with Crippen molar-refractivity contribution in [1.82, 2.24) is 4.98 Å². The molecule has 1 heterocycles. The summed E-state index contributed by atoms with van der Waals surface area (Å²) < 4.78 is 26.6. The van der Waals surface area contributed by atoms with E-state index < -0.39 is 23.2 Å². The Hall–Kier alpha value is -2.30. The quantitative estimate of drug-likeness (QED) is 0.906. The van der Waals surface area contributed by atoms with Crippen molar-refractivity contribution in [1.29, 1.82) is 0 Å². The minimum Gasteiger partial charge on any atom is -0.321 e. The van der Waals surface area contributed by atoms with Crippen LogP contribution < -0.4 is 5.32 Å². The number of carbonyl (C=O) groups is 1. The lowest BCUT2D eigenvalue weighted by molar-refractivity contribution is -0.115. The smallest absolute Gasteiger partial charge is 0.229 e. The number of hydrogen-bond acceptors (Lipinski definition) is 2. The largest absolute Gasteiger partial charge is 0.321 e. The molecule has 2 rings (SSSR count). The van der Waals surface area contributed by atoms with Gasteiger partial charge in [0.1, 0.15) is 17.3 Å². The van der Waals surface area contributed by atoms with Crippen LogP contribution in [0.1, 0.15) is 5.56 Å². The first-order valence-electron chi connectivity index (χ1n) is 5.29. The molecule has 0 saturated heterocycles. The molecule has 0 aliphatic rings. The van der Waals surface area contributed by atoms with Crippen molar-refractivity contribution in [2.45, 2.75) is 6.42 Å². The molecule has 0 radical (unpaired) electrons. The molecule has 0 aliphatic carbocycles. The van der Waals surface area contributed by atoms with Crippen molar-refractivity contribution >= 4 is 11.6 Å². The molecule has 92 valence electrons. The van der Waals surface area contributed by atoms with Crippen LogP contribution in [0.4, 0.5) is 14.5 Å². The van der Waals surface area contributed by atoms with E-state index in [1.165, 1.54) is 12.3 Å². The average molecular weight is 248 g/mol. The first-order valence-corrected chi connectivity index (χ1v) is 5.29. The Bertz CT molecular complexity index is 538. The van der Waals surface area contributed by atoms with Crippen molar-refractivity contribution in [2.75, 3.05) is 5.32 Å². The molecule has 0 aliphatic heterocycles. The van der Waals surface area contributed by atoms with Crippen LogP contribution in [-0.4, -0.2) is 10.9 Å². The normalized spacial score (nSPS) is 10.1. The molecule has 1 N–H and O–H groups in total. The van der Waals surface area contributed by atoms with E-state index in [4.69, 9.17) is 0 Å². The lowest BCUT2D eigenvalue weighted by Crippen LogP contribution is -2.16. The third-order valence-corrected chi connectivity index (χ3v) is 2.31. The molecule has 0 unspecified atom stereocenters. The molecule has 0 bridgehead atoms. The summed E-state index contributed by atoms with van der Waals surface area (Å²) in [6, 6.07) is 6.81. The molecule has 1 aromatic heterocycles. The monoisotopic (exact) mass is 248 g/mol. The Morgan fingerprint density at radius 3 is 2.50 bits per heavy atom. The average Bonchev–Trinajstić information content (AvgIpc) is 2.35. The summed E-state index contributed by atoms with van der Waals surface area (Å²) in [5, 5.41) is 2.21. The van der Waals surface area contributed by atoms with Gasteiger partial charge in [0.05, 0.1) is 6.42 Å². The van der Waals surface area contributed by atoms with Crippen LogP contribution in [0.3, 0.4) is 0 Å². The lowest BCUT2D eigenvalue weighted by atomic mass is 10.2. The van der Waals surface area contributed by atoms with Gasteiger partial charge in [0.2, 0.25) is 5.91 Å². The maximum Gasteiger partial charge on any atom is 0.229 e. The highest BCUT2D eigenvalue weighted by Gasteiger charge is 2.12. The maximum absolute atomic E-state index is 13.3. The summed E-state index contributed by atoms with van der Waals surface area (Å²) in [5.74, 6) is -2.09. The highest BCUT2D eigenvalue weighted by atomic mass is 19.1. The van der Waals surface area contributed by atoms with Crippen molar-refractivity contribution < 1.29 is 13.6 Å². The van der Waals surface area contributed by atoms with Crippen LogP contribution in [-0.2, 0) is 11.2 Å². The molecule has 0 fully saturated rings. The number of nitrogens with one attached hydrogen (secondary N) is 1. The van der Waals surface area contributed by atoms with Gasteiger partial charge in [0, 0.05) is 12.4 Å². The second kappa shape index (κ2) is 5.35. The number of benzene rings is 1. The summed E-state index contributed by atoms with van der Waals surface area (Å²) in [6.07, 6.45) is 3.12. The van der Waals surface area contributed by atoms with Crippen LogP contribution in [0, 0.1) is 11.6 Å². The van der Waals surface area contributed by atoms with E-state index in [0.29, 0.717) is 5.56 Å². The van der Waals surface area contributed by atoms with E-state index in [2.05, 4.69) is 10.3 Å². The van der Waals surface area contributed by atoms with Crippen LogP contribution in [0.25, 0.3) is 0 Å². The molecule has 0 atom stereocenters. The molecular formula is C13H10F2N2O. The molecule has 18 heavy (non-hydrogen) atoms. The third kappa shape index (κ3) is 2.88. The molecule has 5 heteroatoms. The number of halogens is 2. The number of rotatable bonds is 3. The second-order valence-corrected chi connectivity index (χ2v) is 3.68. The second-order valence-electron chi connectivity index (χ2n) is 3.68. The molecule has 0 saturated carbocycles. The molecule has 3 nitrogen and oxygen atoms in total. The SMILES string of the molecule is O=C(Cc1cccnc1)Nc1c(F)cccc1F. The summed E-state index contributed by atoms with van der Waals surface area (Å²) >= 11 is 0. The molecule has 2 aromatic rings. The van der Waals surface area contributed by atoms with Gasteiger partial charge >= 0.3 is 0 Å². The fraction of sp³-hybridized carbons (Fsp3) is 0.0769. The van der Waals surface area contributed by atoms with Crippen LogP contribution in [0.2, 0.25) is 0 Å². The van der Waals surface area contributed by atoms with Crippen molar-refractivity contribution in [3.8, 4) is 0 Å². The van der Waals surface area contributed by atoms with Gasteiger partial charge in [-0.15, -0.1) is 0 Å². The number of anilines is 1. The van der Waals surface area contributed by atoms with E-state index >= 15 is 0 Å². The van der Waals surface area contributed by atoms with Gasteiger partial charge < -0.3 is 5.32 Å². The predicted molar refractivity (Wildman–Crippen MR) is 62.9 cm³/mol. The zero-order valence-electron chi connectivity index (χ0n) is 9.36. The van der Waals surface area contributed by atoms with E-state index in [1.54, 1.807) is 18.3 Å². The lowest BCUT2D eigenvalue weighted by Gasteiger charge is -2.07. The summed E-state index contributed by atoms with van der Waals surface area (Å²) in [4.78, 5) is 15.5. The summed E-state index contributed by atoms with van der Waals surface area (Å²) in [5.41, 5.74) is 0.248. The Kier molecular flexibility index (Phi) is 3.62. The zero-order chi connectivity index (χ0) is 13.0. The highest BCUT2D eigenvalue weighted by molar-refractivity contribution is 5.92. The Morgan fingerprint density at radius 1 is 1.17 bits per heavy atom. The first-order chi connectivity index (χ1) is 8.66. The topological polar surface area (TPSA) is 42.0 Å². The van der Waals surface area contributed by atoms with Gasteiger partial charge in [0.25, 0.3) is 0 Å². The van der Waals surface area contributed by atoms with E-state index in [0.717, 1.165) is 12.1 Å². The summed E-state index contributed by atoms with van der Waals surface area (Å²) in [6.45, 7) is 0. The van der Waals surface area contributed by atoms with Crippen LogP contribution >= 0.6 is 0 Å². The minimum atomic E-state index is -0.797. The van der Waals surface area contributed by atoms with Gasteiger partial charge in [-0.05, 0) is 23.8 Å². The van der Waals surface area contributed by atoms with Crippen molar-refractivity contribution in [2.24, 2.45) is 0 Å². The number of hydrogen-bond donors (Lipinski definition) is 1. The maximum atomic E-state index is 13.3. The Labute approximate surface area is 102 Å². The Balaban J connectivity index is 2.08. The van der Waals surface area contributed by atoms with Crippen molar-refractivity contribution in [3.63, 3.8) is 0 Å². The van der Waals surface area contributed by atoms with Crippen LogP contribution in [0.5, 0.6) is 0 Å². The number of amides is 1. The van der Waals surface area contributed by atoms with Crippen molar-refractivity contribution in [3.05, 3.63) is 59.9 Å². The fourth-order valence-electron chi connectivity index (χ4n) is 1.49. The van der Waals surface area contributed by atoms with Gasteiger partial charge in [-0.3, -0.25) is 9.78 Å². The number of pyridine rings is 1. The van der Waals surface area contributed by atoms with Gasteiger partial charge in [0.15, 0.2) is 0 Å². The molecule has 0 spiro atoms. The summed E-state index contributed by atoms with van der Waals surface area (Å²) in [7, 11) is 0. The minimum absolute atomic E-state index is 0.0155. The number of para-hydroxylation sites is 1. The first kappa shape index (κ1) is 12.2.